The summed E-state index contributed by atoms with van der Waals surface area (Å²) < 4.78 is 11.1. The monoisotopic (exact) mass is 379 g/mol. The number of hydrogen-bond acceptors (Lipinski definition) is 3. The maximum absolute atomic E-state index is 5.59. The smallest absolute Gasteiger partial charge is 0.161 e. The maximum atomic E-state index is 5.59. The van der Waals surface area contributed by atoms with E-state index in [0.29, 0.717) is 11.8 Å². The van der Waals surface area contributed by atoms with Crippen molar-refractivity contribution in [3.8, 4) is 11.5 Å². The molecule has 0 aliphatic carbocycles. The molecule has 0 saturated carbocycles. The van der Waals surface area contributed by atoms with Crippen molar-refractivity contribution in [2.45, 2.75) is 45.6 Å². The molecular formula is C25H33NO2. The molecule has 0 unspecified atom stereocenters. The van der Waals surface area contributed by atoms with Gasteiger partial charge in [0.25, 0.3) is 0 Å². The minimum Gasteiger partial charge on any atom is -0.493 e. The molecule has 3 nitrogen and oxygen atoms in total. The number of ether oxygens (including phenoxy) is 2. The number of fused-ring (bicyclic) bond motifs is 1. The van der Waals surface area contributed by atoms with E-state index in [0.717, 1.165) is 30.9 Å². The fourth-order valence-electron chi connectivity index (χ4n) is 4.37. The molecule has 0 radical (unpaired) electrons. The molecule has 0 amide bonds. The second kappa shape index (κ2) is 8.72. The average molecular weight is 380 g/mol. The summed E-state index contributed by atoms with van der Waals surface area (Å²) in [4.78, 5) is 2.36. The number of hydrogen-bond donors (Lipinski definition) is 0. The predicted molar refractivity (Wildman–Crippen MR) is 116 cm³/mol. The first-order chi connectivity index (χ1) is 13.5. The third-order valence-electron chi connectivity index (χ3n) is 5.82. The van der Waals surface area contributed by atoms with Crippen LogP contribution in [0.2, 0.25) is 0 Å². The molecule has 0 saturated heterocycles. The molecule has 2 atom stereocenters. The topological polar surface area (TPSA) is 21.7 Å². The standard InChI is InChI=1S/C25H33NO2/c1-7-26-13-12-21-15-23(27-5)24(28-6)16-22(21)25(26)18(4)20-10-8-19(9-11-20)14-17(2)3/h7-11,15-18,25H,1,12-14H2,2-6H3/t18-,25+/m0/s1. The summed E-state index contributed by atoms with van der Waals surface area (Å²) in [6.45, 7) is 11.9. The highest BCUT2D eigenvalue weighted by Crippen LogP contribution is 2.44. The van der Waals surface area contributed by atoms with Crippen LogP contribution in [-0.4, -0.2) is 25.7 Å². The van der Waals surface area contributed by atoms with Gasteiger partial charge < -0.3 is 14.4 Å². The lowest BCUT2D eigenvalue weighted by Gasteiger charge is -2.40. The van der Waals surface area contributed by atoms with Crippen LogP contribution >= 0.6 is 0 Å². The average Bonchev–Trinajstić information content (AvgIpc) is 2.71. The Bertz CT molecular complexity index is 810. The zero-order valence-corrected chi connectivity index (χ0v) is 17.9. The highest BCUT2D eigenvalue weighted by Gasteiger charge is 2.32. The number of nitrogens with zero attached hydrogens (tertiary/aromatic N) is 1. The van der Waals surface area contributed by atoms with Crippen LogP contribution < -0.4 is 9.47 Å². The molecule has 2 aromatic carbocycles. The summed E-state index contributed by atoms with van der Waals surface area (Å²) in [6.07, 6.45) is 4.09. The van der Waals surface area contributed by atoms with E-state index in [1.165, 1.54) is 22.3 Å². The van der Waals surface area contributed by atoms with E-state index in [9.17, 15) is 0 Å². The Hall–Kier alpha value is -2.42. The van der Waals surface area contributed by atoms with Gasteiger partial charge in [-0.2, -0.15) is 0 Å². The van der Waals surface area contributed by atoms with E-state index in [1.54, 1.807) is 14.2 Å². The van der Waals surface area contributed by atoms with E-state index in [-0.39, 0.29) is 6.04 Å². The van der Waals surface area contributed by atoms with Crippen molar-refractivity contribution in [3.05, 3.63) is 71.4 Å². The van der Waals surface area contributed by atoms with Gasteiger partial charge in [0.15, 0.2) is 11.5 Å². The molecule has 1 heterocycles. The summed E-state index contributed by atoms with van der Waals surface area (Å²) in [5, 5.41) is 0. The van der Waals surface area contributed by atoms with Crippen molar-refractivity contribution in [2.75, 3.05) is 20.8 Å². The Kier molecular flexibility index (Phi) is 6.33. The lowest BCUT2D eigenvalue weighted by Crippen LogP contribution is -2.34. The van der Waals surface area contributed by atoms with Crippen LogP contribution in [0.1, 0.15) is 55.0 Å². The number of rotatable bonds is 7. The molecule has 0 aromatic heterocycles. The Morgan fingerprint density at radius 2 is 1.71 bits per heavy atom. The van der Waals surface area contributed by atoms with Crippen molar-refractivity contribution in [2.24, 2.45) is 5.92 Å². The van der Waals surface area contributed by atoms with Crippen molar-refractivity contribution in [1.82, 2.24) is 4.90 Å². The minimum atomic E-state index is 0.233. The molecule has 2 aromatic rings. The minimum absolute atomic E-state index is 0.233. The predicted octanol–water partition coefficient (Wildman–Crippen LogP) is 5.75. The van der Waals surface area contributed by atoms with Gasteiger partial charge in [-0.15, -0.1) is 0 Å². The molecule has 0 N–H and O–H groups in total. The highest BCUT2D eigenvalue weighted by molar-refractivity contribution is 5.50. The molecule has 150 valence electrons. The first-order valence-electron chi connectivity index (χ1n) is 10.2. The molecule has 0 spiro atoms. The van der Waals surface area contributed by atoms with Crippen molar-refractivity contribution in [3.63, 3.8) is 0 Å². The van der Waals surface area contributed by atoms with Gasteiger partial charge in [0, 0.05) is 12.5 Å². The van der Waals surface area contributed by atoms with E-state index in [2.05, 4.69) is 68.6 Å². The molecule has 1 aliphatic heterocycles. The van der Waals surface area contributed by atoms with E-state index in [1.807, 2.05) is 6.20 Å². The summed E-state index contributed by atoms with van der Waals surface area (Å²) in [5.74, 6) is 2.60. The first-order valence-corrected chi connectivity index (χ1v) is 10.2. The fraction of sp³-hybridized carbons (Fsp3) is 0.440. The second-order valence-corrected chi connectivity index (χ2v) is 8.15. The van der Waals surface area contributed by atoms with Crippen LogP contribution in [0, 0.1) is 5.92 Å². The van der Waals surface area contributed by atoms with Gasteiger partial charge in [0.2, 0.25) is 0 Å². The van der Waals surface area contributed by atoms with E-state index >= 15 is 0 Å². The molecule has 0 bridgehead atoms. The summed E-state index contributed by atoms with van der Waals surface area (Å²) in [6, 6.07) is 13.7. The lowest BCUT2D eigenvalue weighted by atomic mass is 9.81. The normalized spacial score (nSPS) is 17.2. The van der Waals surface area contributed by atoms with E-state index < -0.39 is 0 Å². The van der Waals surface area contributed by atoms with Crippen LogP contribution in [0.5, 0.6) is 11.5 Å². The van der Waals surface area contributed by atoms with Crippen molar-refractivity contribution in [1.29, 1.82) is 0 Å². The van der Waals surface area contributed by atoms with Gasteiger partial charge in [-0.25, -0.2) is 0 Å². The molecule has 28 heavy (non-hydrogen) atoms. The largest absolute Gasteiger partial charge is 0.493 e. The van der Waals surface area contributed by atoms with Crippen LogP contribution in [-0.2, 0) is 12.8 Å². The Balaban J connectivity index is 1.98. The molecule has 0 fully saturated rings. The van der Waals surface area contributed by atoms with Crippen LogP contribution in [0.3, 0.4) is 0 Å². The van der Waals surface area contributed by atoms with Crippen LogP contribution in [0.15, 0.2) is 49.2 Å². The Labute approximate surface area is 170 Å². The third-order valence-corrected chi connectivity index (χ3v) is 5.82. The molecule has 3 rings (SSSR count). The molecule has 3 heteroatoms. The molecular weight excluding hydrogens is 346 g/mol. The summed E-state index contributed by atoms with van der Waals surface area (Å²) in [5.41, 5.74) is 5.40. The number of methoxy groups -OCH3 is 2. The molecule has 1 aliphatic rings. The summed E-state index contributed by atoms with van der Waals surface area (Å²) >= 11 is 0. The highest BCUT2D eigenvalue weighted by atomic mass is 16.5. The van der Waals surface area contributed by atoms with Crippen molar-refractivity contribution >= 4 is 0 Å². The SMILES string of the molecule is C=CN1CCc2cc(OC)c(OC)cc2[C@H]1[C@@H](C)c1ccc(CC(C)C)cc1. The first kappa shape index (κ1) is 20.3. The van der Waals surface area contributed by atoms with E-state index in [4.69, 9.17) is 9.47 Å². The Morgan fingerprint density at radius 3 is 2.29 bits per heavy atom. The van der Waals surface area contributed by atoms with Crippen LogP contribution in [0.4, 0.5) is 0 Å². The van der Waals surface area contributed by atoms with Gasteiger partial charge in [-0.05, 0) is 59.3 Å². The fourth-order valence-corrected chi connectivity index (χ4v) is 4.37. The summed E-state index contributed by atoms with van der Waals surface area (Å²) in [7, 11) is 3.40. The van der Waals surface area contributed by atoms with Gasteiger partial charge in [-0.3, -0.25) is 0 Å². The van der Waals surface area contributed by atoms with Gasteiger partial charge >= 0.3 is 0 Å². The maximum Gasteiger partial charge on any atom is 0.161 e. The third kappa shape index (κ3) is 4.04. The van der Waals surface area contributed by atoms with Crippen molar-refractivity contribution < 1.29 is 9.47 Å². The van der Waals surface area contributed by atoms with Gasteiger partial charge in [0.05, 0.1) is 20.3 Å². The quantitative estimate of drug-likeness (QED) is 0.611. The Morgan fingerprint density at radius 1 is 1.07 bits per heavy atom. The lowest BCUT2D eigenvalue weighted by molar-refractivity contribution is 0.234. The zero-order chi connectivity index (χ0) is 20.3. The van der Waals surface area contributed by atoms with Gasteiger partial charge in [0.1, 0.15) is 0 Å². The van der Waals surface area contributed by atoms with Gasteiger partial charge in [-0.1, -0.05) is 51.6 Å². The van der Waals surface area contributed by atoms with Crippen LogP contribution in [0.25, 0.3) is 0 Å². The second-order valence-electron chi connectivity index (χ2n) is 8.15. The number of benzene rings is 2. The zero-order valence-electron chi connectivity index (χ0n) is 17.9.